The normalized spacial score (nSPS) is 16.1. The first-order chi connectivity index (χ1) is 9.16. The molecule has 1 N–H and O–H groups in total. The lowest BCUT2D eigenvalue weighted by molar-refractivity contribution is 0.585. The molecule has 2 heterocycles. The van der Waals surface area contributed by atoms with Crippen molar-refractivity contribution in [2.45, 2.75) is 0 Å². The summed E-state index contributed by atoms with van der Waals surface area (Å²) in [6, 6.07) is 2.21. The number of anilines is 1. The summed E-state index contributed by atoms with van der Waals surface area (Å²) in [5, 5.41) is 3.76. The molecule has 100 valence electrons. The summed E-state index contributed by atoms with van der Waals surface area (Å²) in [5.41, 5.74) is 1.02. The summed E-state index contributed by atoms with van der Waals surface area (Å²) >= 11 is 3.43. The number of hydrogen-bond acceptors (Lipinski definition) is 3. The lowest BCUT2D eigenvalue weighted by Gasteiger charge is -2.31. The van der Waals surface area contributed by atoms with Crippen molar-refractivity contribution in [2.24, 2.45) is 0 Å². The van der Waals surface area contributed by atoms with Crippen molar-refractivity contribution < 1.29 is 8.78 Å². The van der Waals surface area contributed by atoms with Crippen LogP contribution in [0.1, 0.15) is 0 Å². The zero-order valence-corrected chi connectivity index (χ0v) is 11.7. The molecule has 3 nitrogen and oxygen atoms in total. The maximum atomic E-state index is 13.8. The first-order valence-electron chi connectivity index (χ1n) is 6.06. The van der Waals surface area contributed by atoms with E-state index in [-0.39, 0.29) is 5.52 Å². The van der Waals surface area contributed by atoms with E-state index in [1.807, 2.05) is 0 Å². The zero-order valence-electron chi connectivity index (χ0n) is 10.1. The Kier molecular flexibility index (Phi) is 3.36. The quantitative estimate of drug-likeness (QED) is 0.872. The van der Waals surface area contributed by atoms with Gasteiger partial charge in [0.15, 0.2) is 5.82 Å². The highest BCUT2D eigenvalue weighted by Gasteiger charge is 2.19. The molecule has 1 aliphatic heterocycles. The molecule has 0 saturated carbocycles. The summed E-state index contributed by atoms with van der Waals surface area (Å²) in [4.78, 5) is 6.16. The largest absolute Gasteiger partial charge is 0.367 e. The third-order valence-electron chi connectivity index (χ3n) is 3.25. The van der Waals surface area contributed by atoms with Crippen molar-refractivity contribution in [2.75, 3.05) is 31.1 Å². The molecule has 0 spiro atoms. The fourth-order valence-electron chi connectivity index (χ4n) is 2.40. The van der Waals surface area contributed by atoms with Gasteiger partial charge in [-0.05, 0) is 22.0 Å². The number of hydrogen-bond donors (Lipinski definition) is 1. The minimum Gasteiger partial charge on any atom is -0.367 e. The Morgan fingerprint density at radius 1 is 1.21 bits per heavy atom. The molecule has 2 aromatic rings. The van der Waals surface area contributed by atoms with Gasteiger partial charge in [0.1, 0.15) is 11.3 Å². The van der Waals surface area contributed by atoms with Gasteiger partial charge in [-0.25, -0.2) is 8.78 Å². The van der Waals surface area contributed by atoms with Crippen molar-refractivity contribution in [3.05, 3.63) is 34.4 Å². The number of aromatic nitrogens is 1. The maximum Gasteiger partial charge on any atom is 0.152 e. The molecule has 0 atom stereocenters. The third-order valence-corrected chi connectivity index (χ3v) is 3.83. The second-order valence-electron chi connectivity index (χ2n) is 4.48. The maximum absolute atomic E-state index is 13.8. The molecule has 6 heteroatoms. The molecule has 0 bridgehead atoms. The van der Waals surface area contributed by atoms with Gasteiger partial charge < -0.3 is 10.2 Å². The van der Waals surface area contributed by atoms with Gasteiger partial charge in [0.25, 0.3) is 0 Å². The van der Waals surface area contributed by atoms with E-state index in [0.717, 1.165) is 42.4 Å². The van der Waals surface area contributed by atoms with E-state index in [4.69, 9.17) is 0 Å². The predicted molar refractivity (Wildman–Crippen MR) is 74.4 cm³/mol. The number of halogens is 3. The summed E-state index contributed by atoms with van der Waals surface area (Å²) in [5.74, 6) is -1.21. The molecular formula is C13H12BrF2N3. The fraction of sp³-hybridized carbons (Fsp3) is 0.308. The van der Waals surface area contributed by atoms with E-state index in [9.17, 15) is 8.78 Å². The van der Waals surface area contributed by atoms with Crippen LogP contribution < -0.4 is 10.2 Å². The third kappa shape index (κ3) is 2.30. The molecule has 1 fully saturated rings. The molecule has 0 amide bonds. The minimum atomic E-state index is -0.626. The molecule has 1 aromatic heterocycles. The van der Waals surface area contributed by atoms with Gasteiger partial charge in [-0.15, -0.1) is 0 Å². The average molecular weight is 328 g/mol. The number of nitrogens with zero attached hydrogens (tertiary/aromatic N) is 2. The summed E-state index contributed by atoms with van der Waals surface area (Å²) in [7, 11) is 0. The summed E-state index contributed by atoms with van der Waals surface area (Å²) in [6.45, 7) is 3.31. The summed E-state index contributed by atoms with van der Waals surface area (Å²) in [6.07, 6.45) is 1.57. The highest BCUT2D eigenvalue weighted by Crippen LogP contribution is 2.34. The van der Waals surface area contributed by atoms with Crippen molar-refractivity contribution in [3.63, 3.8) is 0 Å². The zero-order chi connectivity index (χ0) is 13.4. The topological polar surface area (TPSA) is 28.2 Å². The van der Waals surface area contributed by atoms with Crippen LogP contribution in [0.2, 0.25) is 0 Å². The van der Waals surface area contributed by atoms with Crippen molar-refractivity contribution in [1.29, 1.82) is 0 Å². The molecular weight excluding hydrogens is 316 g/mol. The van der Waals surface area contributed by atoms with Crippen LogP contribution in [0.5, 0.6) is 0 Å². The minimum absolute atomic E-state index is 0.207. The van der Waals surface area contributed by atoms with E-state index in [2.05, 4.69) is 31.1 Å². The van der Waals surface area contributed by atoms with Gasteiger partial charge in [0, 0.05) is 43.8 Å². The smallest absolute Gasteiger partial charge is 0.152 e. The van der Waals surface area contributed by atoms with Crippen molar-refractivity contribution >= 4 is 32.5 Å². The number of fused-ring (bicyclic) bond motifs is 1. The average Bonchev–Trinajstić information content (AvgIpc) is 2.39. The van der Waals surface area contributed by atoms with Crippen LogP contribution in [0.25, 0.3) is 10.9 Å². The lowest BCUT2D eigenvalue weighted by Crippen LogP contribution is -2.43. The Bertz CT molecular complexity index is 627. The number of piperazine rings is 1. The Hall–Kier alpha value is -1.27. The monoisotopic (exact) mass is 327 g/mol. The van der Waals surface area contributed by atoms with Crippen LogP contribution in [-0.2, 0) is 0 Å². The number of benzene rings is 1. The van der Waals surface area contributed by atoms with Gasteiger partial charge in [0.05, 0.1) is 10.2 Å². The second-order valence-corrected chi connectivity index (χ2v) is 5.33. The van der Waals surface area contributed by atoms with Crippen LogP contribution in [0, 0.1) is 11.6 Å². The van der Waals surface area contributed by atoms with Gasteiger partial charge >= 0.3 is 0 Å². The highest BCUT2D eigenvalue weighted by atomic mass is 79.9. The Balaban J connectivity index is 2.23. The number of pyridine rings is 1. The van der Waals surface area contributed by atoms with E-state index < -0.39 is 11.6 Å². The van der Waals surface area contributed by atoms with Crippen LogP contribution >= 0.6 is 15.9 Å². The second kappa shape index (κ2) is 5.02. The first-order valence-corrected chi connectivity index (χ1v) is 6.85. The fourth-order valence-corrected chi connectivity index (χ4v) is 2.97. The Labute approximate surface area is 117 Å². The van der Waals surface area contributed by atoms with E-state index in [0.29, 0.717) is 5.39 Å². The van der Waals surface area contributed by atoms with Crippen LogP contribution in [-0.4, -0.2) is 31.2 Å². The van der Waals surface area contributed by atoms with Crippen LogP contribution in [0.15, 0.2) is 22.8 Å². The molecule has 0 unspecified atom stereocenters. The molecule has 1 saturated heterocycles. The Morgan fingerprint density at radius 2 is 1.95 bits per heavy atom. The molecule has 3 rings (SSSR count). The molecule has 0 radical (unpaired) electrons. The predicted octanol–water partition coefficient (Wildman–Crippen LogP) is 2.69. The molecule has 1 aromatic carbocycles. The standard InChI is InChI=1S/C13H12BrF2N3/c14-10-7-18-12-9(5-8(15)6-11(12)16)13(10)19-3-1-17-2-4-19/h5-7,17H,1-4H2. The SMILES string of the molecule is Fc1cc(F)c2ncc(Br)c(N3CCNCC3)c2c1. The van der Waals surface area contributed by atoms with Gasteiger partial charge in [-0.3, -0.25) is 4.98 Å². The molecule has 1 aliphatic rings. The van der Waals surface area contributed by atoms with Crippen LogP contribution in [0.4, 0.5) is 14.5 Å². The first kappa shape index (κ1) is 12.7. The molecule has 0 aliphatic carbocycles. The van der Waals surface area contributed by atoms with E-state index in [1.54, 1.807) is 6.20 Å². The van der Waals surface area contributed by atoms with Crippen molar-refractivity contribution in [1.82, 2.24) is 10.3 Å². The summed E-state index contributed by atoms with van der Waals surface area (Å²) < 4.78 is 28.0. The Morgan fingerprint density at radius 3 is 2.68 bits per heavy atom. The molecule has 19 heavy (non-hydrogen) atoms. The number of rotatable bonds is 1. The van der Waals surface area contributed by atoms with Gasteiger partial charge in [-0.2, -0.15) is 0 Å². The van der Waals surface area contributed by atoms with Gasteiger partial charge in [-0.1, -0.05) is 0 Å². The van der Waals surface area contributed by atoms with Gasteiger partial charge in [0.2, 0.25) is 0 Å². The number of nitrogens with one attached hydrogen (secondary N) is 1. The van der Waals surface area contributed by atoms with E-state index >= 15 is 0 Å². The highest BCUT2D eigenvalue weighted by molar-refractivity contribution is 9.10. The van der Waals surface area contributed by atoms with E-state index in [1.165, 1.54) is 6.07 Å². The van der Waals surface area contributed by atoms with Crippen molar-refractivity contribution in [3.8, 4) is 0 Å². The lowest BCUT2D eigenvalue weighted by atomic mass is 10.1. The van der Waals surface area contributed by atoms with Crippen LogP contribution in [0.3, 0.4) is 0 Å².